The van der Waals surface area contributed by atoms with Crippen molar-refractivity contribution in [1.82, 2.24) is 10.6 Å². The molecule has 14 heteroatoms. The summed E-state index contributed by atoms with van der Waals surface area (Å²) in [4.78, 5) is 23.5. The summed E-state index contributed by atoms with van der Waals surface area (Å²) >= 11 is -2.39. The first kappa shape index (κ1) is 27.1. The summed E-state index contributed by atoms with van der Waals surface area (Å²) in [5, 5.41) is 9.88. The van der Waals surface area contributed by atoms with Crippen molar-refractivity contribution < 1.29 is 39.8 Å². The molecule has 0 bridgehead atoms. The van der Waals surface area contributed by atoms with E-state index in [9.17, 15) is 39.8 Å². The normalized spacial score (nSPS) is 11.7. The van der Waals surface area contributed by atoms with Crippen LogP contribution in [0.25, 0.3) is 0 Å². The molecule has 0 atom stereocenters. The summed E-state index contributed by atoms with van der Waals surface area (Å²) in [5.41, 5.74) is -1.38. The molecule has 0 aromatic heterocycles. The van der Waals surface area contributed by atoms with Crippen molar-refractivity contribution in [1.29, 1.82) is 0 Å². The fourth-order valence-electron chi connectivity index (χ4n) is 2.49. The standard InChI is InChI=1S/C20H20F6N4O3Se/c21-19(22,23)13-1-5-15(6-2-13)29-17(31)27-9-11-34(33)12-10-28-18(32)30-16-7-3-14(4-8-16)20(24,25)26/h1-8H,9-12H2,(H2,27,29,31)(H2,28,30,32). The van der Waals surface area contributed by atoms with Crippen LogP contribution in [0.15, 0.2) is 48.5 Å². The van der Waals surface area contributed by atoms with Gasteiger partial charge in [-0.2, -0.15) is 0 Å². The number of urea groups is 2. The van der Waals surface area contributed by atoms with Crippen LogP contribution in [-0.4, -0.2) is 39.0 Å². The van der Waals surface area contributed by atoms with Crippen molar-refractivity contribution in [2.45, 2.75) is 23.0 Å². The van der Waals surface area contributed by atoms with E-state index in [0.717, 1.165) is 48.5 Å². The van der Waals surface area contributed by atoms with Gasteiger partial charge in [0.2, 0.25) is 0 Å². The molecule has 0 aliphatic carbocycles. The number of rotatable bonds is 8. The first-order valence-corrected chi connectivity index (χ1v) is 12.8. The summed E-state index contributed by atoms with van der Waals surface area (Å²) in [6, 6.07) is 6.39. The fraction of sp³-hybridized carbons (Fsp3) is 0.300. The Hall–Kier alpha value is -3.12. The second-order valence-electron chi connectivity index (χ2n) is 6.76. The molecule has 4 amide bonds. The van der Waals surface area contributed by atoms with Crippen molar-refractivity contribution in [2.24, 2.45) is 0 Å². The van der Waals surface area contributed by atoms with Gasteiger partial charge in [-0.3, -0.25) is 0 Å². The van der Waals surface area contributed by atoms with E-state index >= 15 is 0 Å². The molecule has 0 aliphatic rings. The predicted octanol–water partition coefficient (Wildman–Crippen LogP) is 5.09. The maximum absolute atomic E-state index is 12.5. The molecule has 0 spiro atoms. The summed E-state index contributed by atoms with van der Waals surface area (Å²) in [5.74, 6) is 0. The number of alkyl halides is 6. The van der Waals surface area contributed by atoms with Crippen LogP contribution in [0.2, 0.25) is 10.6 Å². The van der Waals surface area contributed by atoms with Gasteiger partial charge in [-0.15, -0.1) is 0 Å². The van der Waals surface area contributed by atoms with E-state index < -0.39 is 49.4 Å². The van der Waals surface area contributed by atoms with Gasteiger partial charge in [0.15, 0.2) is 0 Å². The maximum atomic E-state index is 12.5. The number of halogens is 6. The second kappa shape index (κ2) is 11.8. The molecule has 0 heterocycles. The molecular weight excluding hydrogens is 537 g/mol. The van der Waals surface area contributed by atoms with Gasteiger partial charge in [0.05, 0.1) is 0 Å². The van der Waals surface area contributed by atoms with E-state index in [0.29, 0.717) is 0 Å². The minimum absolute atomic E-state index is 0.0540. The summed E-state index contributed by atoms with van der Waals surface area (Å²) in [7, 11) is 0. The van der Waals surface area contributed by atoms with Crippen LogP contribution in [0.4, 0.5) is 47.3 Å². The Bertz CT molecular complexity index is 916. The Morgan fingerprint density at radius 3 is 1.26 bits per heavy atom. The Morgan fingerprint density at radius 1 is 0.647 bits per heavy atom. The van der Waals surface area contributed by atoms with Crippen LogP contribution in [0, 0.1) is 0 Å². The van der Waals surface area contributed by atoms with Gasteiger partial charge < -0.3 is 0 Å². The third kappa shape index (κ3) is 9.40. The second-order valence-corrected chi connectivity index (χ2v) is 10.3. The predicted molar refractivity (Wildman–Crippen MR) is 113 cm³/mol. The zero-order valence-corrected chi connectivity index (χ0v) is 19.1. The molecule has 0 unspecified atom stereocenters. The zero-order valence-electron chi connectivity index (χ0n) is 17.3. The molecule has 0 saturated heterocycles. The zero-order chi connectivity index (χ0) is 25.4. The Balaban J connectivity index is 1.62. The molecule has 0 fully saturated rings. The number of carbonyl (C=O) groups excluding carboxylic acids is 2. The van der Waals surface area contributed by atoms with E-state index in [-0.39, 0.29) is 35.1 Å². The van der Waals surface area contributed by atoms with Gasteiger partial charge >= 0.3 is 194 Å². The molecule has 2 aromatic carbocycles. The van der Waals surface area contributed by atoms with Crippen molar-refractivity contribution in [2.75, 3.05) is 23.7 Å². The van der Waals surface area contributed by atoms with Gasteiger partial charge in [0.25, 0.3) is 0 Å². The number of nitrogens with one attached hydrogen (secondary N) is 4. The topological polar surface area (TPSA) is 99.3 Å². The third-order valence-electron chi connectivity index (χ3n) is 4.17. The van der Waals surface area contributed by atoms with Crippen molar-refractivity contribution in [3.8, 4) is 0 Å². The van der Waals surface area contributed by atoms with E-state index in [1.165, 1.54) is 0 Å². The van der Waals surface area contributed by atoms with Crippen LogP contribution in [0.5, 0.6) is 0 Å². The molecule has 0 saturated carbocycles. The molecule has 2 rings (SSSR count). The molecule has 2 aromatic rings. The number of hydrogen-bond acceptors (Lipinski definition) is 3. The molecule has 34 heavy (non-hydrogen) atoms. The number of carbonyl (C=O) groups is 2. The van der Waals surface area contributed by atoms with E-state index in [2.05, 4.69) is 21.3 Å². The fourth-order valence-corrected chi connectivity index (χ4v) is 4.31. The van der Waals surface area contributed by atoms with Gasteiger partial charge in [0, 0.05) is 0 Å². The van der Waals surface area contributed by atoms with Gasteiger partial charge in [-0.1, -0.05) is 0 Å². The van der Waals surface area contributed by atoms with Crippen molar-refractivity contribution in [3.05, 3.63) is 59.7 Å². The first-order valence-electron chi connectivity index (χ1n) is 9.64. The molecule has 4 N–H and O–H groups in total. The Morgan fingerprint density at radius 2 is 0.971 bits per heavy atom. The minimum atomic E-state index is -4.48. The molecule has 186 valence electrons. The Labute approximate surface area is 194 Å². The monoisotopic (exact) mass is 558 g/mol. The summed E-state index contributed by atoms with van der Waals surface area (Å²) in [6.45, 7) is 0.108. The van der Waals surface area contributed by atoms with E-state index in [1.807, 2.05) is 0 Å². The van der Waals surface area contributed by atoms with Crippen LogP contribution >= 0.6 is 0 Å². The number of amides is 4. The molecular formula is C20H20F6N4O3Se. The van der Waals surface area contributed by atoms with Crippen LogP contribution < -0.4 is 21.3 Å². The van der Waals surface area contributed by atoms with Crippen LogP contribution in [0.3, 0.4) is 0 Å². The van der Waals surface area contributed by atoms with Gasteiger partial charge in [-0.25, -0.2) is 0 Å². The SMILES string of the molecule is O=C(NCC[Se](=O)CCNC(=O)Nc1ccc(C(F)(F)F)cc1)Nc1ccc(C(F)(F)F)cc1. The van der Waals surface area contributed by atoms with E-state index in [4.69, 9.17) is 0 Å². The third-order valence-corrected chi connectivity index (χ3v) is 6.94. The average molecular weight is 557 g/mol. The molecule has 7 nitrogen and oxygen atoms in total. The number of hydrogen-bond donors (Lipinski definition) is 4. The first-order chi connectivity index (χ1) is 15.8. The van der Waals surface area contributed by atoms with Crippen molar-refractivity contribution >= 4 is 37.3 Å². The Kier molecular flexibility index (Phi) is 9.45. The quantitative estimate of drug-likeness (QED) is 0.269. The summed E-state index contributed by atoms with van der Waals surface area (Å²) < 4.78 is 87.1. The van der Waals surface area contributed by atoms with Gasteiger partial charge in [-0.05, 0) is 0 Å². The summed E-state index contributed by atoms with van der Waals surface area (Å²) in [6.07, 6.45) is -8.96. The molecule has 0 radical (unpaired) electrons. The number of benzene rings is 2. The van der Waals surface area contributed by atoms with Crippen LogP contribution in [-0.2, 0) is 16.2 Å². The van der Waals surface area contributed by atoms with Crippen molar-refractivity contribution in [3.63, 3.8) is 0 Å². The van der Waals surface area contributed by atoms with E-state index in [1.54, 1.807) is 0 Å². The average Bonchev–Trinajstić information content (AvgIpc) is 2.73. The number of anilines is 2. The van der Waals surface area contributed by atoms with Gasteiger partial charge in [0.1, 0.15) is 0 Å². The van der Waals surface area contributed by atoms with Crippen LogP contribution in [0.1, 0.15) is 11.1 Å². The molecule has 0 aliphatic heterocycles.